The van der Waals surface area contributed by atoms with E-state index in [9.17, 15) is 14.4 Å². The summed E-state index contributed by atoms with van der Waals surface area (Å²) in [6, 6.07) is 12.5. The van der Waals surface area contributed by atoms with Gasteiger partial charge in [0, 0.05) is 18.4 Å². The molecule has 0 N–H and O–H groups in total. The smallest absolute Gasteiger partial charge is 0.279 e. The van der Waals surface area contributed by atoms with Gasteiger partial charge >= 0.3 is 0 Å². The van der Waals surface area contributed by atoms with Gasteiger partial charge in [0.25, 0.3) is 5.91 Å². The number of fused-ring (bicyclic) bond motifs is 1. The van der Waals surface area contributed by atoms with Crippen molar-refractivity contribution in [2.45, 2.75) is 39.2 Å². The molecule has 0 unspecified atom stereocenters. The number of thiazole rings is 1. The van der Waals surface area contributed by atoms with Gasteiger partial charge < -0.3 is 4.57 Å². The Balaban J connectivity index is 1.70. The lowest BCUT2D eigenvalue weighted by Gasteiger charge is -2.13. The first kappa shape index (κ1) is 20.8. The lowest BCUT2D eigenvalue weighted by molar-refractivity contribution is -0.121. The van der Waals surface area contributed by atoms with Crippen molar-refractivity contribution in [3.63, 3.8) is 0 Å². The lowest BCUT2D eigenvalue weighted by atomic mass is 10.0. The summed E-state index contributed by atoms with van der Waals surface area (Å²) in [6.45, 7) is 4.57. The van der Waals surface area contributed by atoms with E-state index in [1.807, 2.05) is 10.6 Å². The molecule has 1 aliphatic rings. The van der Waals surface area contributed by atoms with Crippen LogP contribution in [0.25, 0.3) is 10.2 Å². The van der Waals surface area contributed by atoms with E-state index in [-0.39, 0.29) is 24.7 Å². The van der Waals surface area contributed by atoms with Crippen molar-refractivity contribution in [2.75, 3.05) is 4.90 Å². The van der Waals surface area contributed by atoms with Crippen LogP contribution in [-0.4, -0.2) is 22.3 Å². The number of imide groups is 1. The molecule has 4 rings (SSSR count). The first-order valence-electron chi connectivity index (χ1n) is 10.0. The lowest BCUT2D eigenvalue weighted by Crippen LogP contribution is -2.28. The highest BCUT2D eigenvalue weighted by atomic mass is 32.1. The van der Waals surface area contributed by atoms with Gasteiger partial charge in [0.1, 0.15) is 0 Å². The molecule has 0 aliphatic carbocycles. The summed E-state index contributed by atoms with van der Waals surface area (Å²) in [5.74, 6) is 2.16. The standard InChI is InChI=1S/C24H21N3O3S/c1-4-13-26-19-10-7-17(15(2)3)14-20(19)31-24(26)25-23(30)16-5-8-18(9-6-16)27-21(28)11-12-22(27)29/h1,5-10,14-15H,11-13H2,2-3H3. The molecule has 0 spiro atoms. The van der Waals surface area contributed by atoms with Crippen LogP contribution in [0.1, 0.15) is 48.5 Å². The molecule has 0 radical (unpaired) electrons. The molecule has 6 nitrogen and oxygen atoms in total. The van der Waals surface area contributed by atoms with Crippen LogP contribution < -0.4 is 9.70 Å². The molecule has 7 heteroatoms. The summed E-state index contributed by atoms with van der Waals surface area (Å²) < 4.78 is 2.88. The maximum absolute atomic E-state index is 12.8. The van der Waals surface area contributed by atoms with Crippen molar-refractivity contribution in [1.29, 1.82) is 0 Å². The molecular formula is C24H21N3O3S. The average molecular weight is 432 g/mol. The summed E-state index contributed by atoms with van der Waals surface area (Å²) in [5, 5.41) is 0. The van der Waals surface area contributed by atoms with Gasteiger partial charge in [0.15, 0.2) is 4.80 Å². The Hall–Kier alpha value is -3.50. The van der Waals surface area contributed by atoms with Gasteiger partial charge in [-0.15, -0.1) is 6.42 Å². The van der Waals surface area contributed by atoms with E-state index < -0.39 is 5.91 Å². The van der Waals surface area contributed by atoms with E-state index in [1.165, 1.54) is 16.9 Å². The van der Waals surface area contributed by atoms with E-state index in [0.717, 1.165) is 15.1 Å². The quantitative estimate of drug-likeness (QED) is 0.465. The van der Waals surface area contributed by atoms with Crippen molar-refractivity contribution in [1.82, 2.24) is 4.57 Å². The van der Waals surface area contributed by atoms with Crippen LogP contribution in [0.5, 0.6) is 0 Å². The van der Waals surface area contributed by atoms with Crippen molar-refractivity contribution in [3.05, 3.63) is 58.4 Å². The number of carbonyl (C=O) groups is 3. The number of benzene rings is 2. The van der Waals surface area contributed by atoms with E-state index >= 15 is 0 Å². The van der Waals surface area contributed by atoms with Crippen LogP contribution in [0.15, 0.2) is 47.5 Å². The maximum atomic E-state index is 12.8. The number of nitrogens with zero attached hydrogens (tertiary/aromatic N) is 3. The summed E-state index contributed by atoms with van der Waals surface area (Å²) >= 11 is 1.42. The molecule has 31 heavy (non-hydrogen) atoms. The SMILES string of the molecule is C#CCn1c(=NC(=O)c2ccc(N3C(=O)CCC3=O)cc2)sc2cc(C(C)C)ccc21. The third-order valence-electron chi connectivity index (χ3n) is 5.24. The molecule has 1 fully saturated rings. The Labute approximate surface area is 183 Å². The predicted octanol–water partition coefficient (Wildman–Crippen LogP) is 3.85. The summed E-state index contributed by atoms with van der Waals surface area (Å²) in [5.41, 5.74) is 2.99. The van der Waals surface area contributed by atoms with Gasteiger partial charge in [-0.2, -0.15) is 4.99 Å². The Kier molecular flexibility index (Phi) is 5.57. The number of carbonyl (C=O) groups excluding carboxylic acids is 3. The average Bonchev–Trinajstić information content (AvgIpc) is 3.27. The van der Waals surface area contributed by atoms with Crippen molar-refractivity contribution < 1.29 is 14.4 Å². The van der Waals surface area contributed by atoms with Crippen LogP contribution in [0.4, 0.5) is 5.69 Å². The topological polar surface area (TPSA) is 71.7 Å². The minimum atomic E-state index is -0.410. The van der Waals surface area contributed by atoms with Gasteiger partial charge in [-0.3, -0.25) is 19.3 Å². The molecule has 2 aromatic carbocycles. The van der Waals surface area contributed by atoms with Crippen LogP contribution in [0, 0.1) is 12.3 Å². The second-order valence-electron chi connectivity index (χ2n) is 7.64. The van der Waals surface area contributed by atoms with Crippen LogP contribution in [0.3, 0.4) is 0 Å². The van der Waals surface area contributed by atoms with Crippen LogP contribution in [-0.2, 0) is 16.1 Å². The van der Waals surface area contributed by atoms with E-state index in [2.05, 4.69) is 36.9 Å². The molecule has 1 aliphatic heterocycles. The number of hydrogen-bond acceptors (Lipinski definition) is 4. The Morgan fingerprint density at radius 2 is 1.81 bits per heavy atom. The van der Waals surface area contributed by atoms with Gasteiger partial charge in [-0.05, 0) is 47.9 Å². The first-order chi connectivity index (χ1) is 14.9. The number of hydrogen-bond donors (Lipinski definition) is 0. The first-order valence-corrected chi connectivity index (χ1v) is 10.8. The zero-order valence-corrected chi connectivity index (χ0v) is 18.1. The van der Waals surface area contributed by atoms with E-state index in [0.29, 0.717) is 28.5 Å². The highest BCUT2D eigenvalue weighted by molar-refractivity contribution is 7.16. The monoisotopic (exact) mass is 431 g/mol. The summed E-state index contributed by atoms with van der Waals surface area (Å²) in [4.78, 5) is 42.6. The molecule has 1 aromatic heterocycles. The van der Waals surface area contributed by atoms with E-state index in [1.54, 1.807) is 24.3 Å². The number of terminal acetylenes is 1. The molecule has 2 heterocycles. The second kappa shape index (κ2) is 8.32. The number of rotatable bonds is 4. The molecular weight excluding hydrogens is 410 g/mol. The fourth-order valence-corrected chi connectivity index (χ4v) is 4.62. The van der Waals surface area contributed by atoms with Crippen LogP contribution in [0.2, 0.25) is 0 Å². The van der Waals surface area contributed by atoms with Gasteiger partial charge in [0.05, 0.1) is 22.4 Å². The molecule has 0 bridgehead atoms. The highest BCUT2D eigenvalue weighted by Crippen LogP contribution is 2.25. The summed E-state index contributed by atoms with van der Waals surface area (Å²) in [6.07, 6.45) is 5.98. The zero-order chi connectivity index (χ0) is 22.1. The maximum Gasteiger partial charge on any atom is 0.279 e. The minimum Gasteiger partial charge on any atom is -0.305 e. The van der Waals surface area contributed by atoms with E-state index in [4.69, 9.17) is 6.42 Å². The molecule has 156 valence electrons. The fourth-order valence-electron chi connectivity index (χ4n) is 3.55. The minimum absolute atomic E-state index is 0.217. The van der Waals surface area contributed by atoms with Gasteiger partial charge in [-0.1, -0.05) is 37.2 Å². The van der Waals surface area contributed by atoms with Crippen molar-refractivity contribution in [3.8, 4) is 12.3 Å². The number of aromatic nitrogens is 1. The Morgan fingerprint density at radius 1 is 1.13 bits per heavy atom. The zero-order valence-electron chi connectivity index (χ0n) is 17.3. The van der Waals surface area contributed by atoms with Crippen LogP contribution >= 0.6 is 11.3 Å². The van der Waals surface area contributed by atoms with Crippen molar-refractivity contribution >= 4 is 45.0 Å². The molecule has 1 saturated heterocycles. The van der Waals surface area contributed by atoms with Crippen molar-refractivity contribution in [2.24, 2.45) is 4.99 Å². The number of anilines is 1. The van der Waals surface area contributed by atoms with Gasteiger partial charge in [-0.25, -0.2) is 0 Å². The Bertz CT molecular complexity index is 1290. The fraction of sp³-hybridized carbons (Fsp3) is 0.250. The largest absolute Gasteiger partial charge is 0.305 e. The number of amides is 3. The molecule has 3 aromatic rings. The second-order valence-corrected chi connectivity index (χ2v) is 8.65. The highest BCUT2D eigenvalue weighted by Gasteiger charge is 2.30. The summed E-state index contributed by atoms with van der Waals surface area (Å²) in [7, 11) is 0. The predicted molar refractivity (Wildman–Crippen MR) is 121 cm³/mol. The molecule has 3 amide bonds. The molecule has 0 atom stereocenters. The van der Waals surface area contributed by atoms with Gasteiger partial charge in [0.2, 0.25) is 11.8 Å². The Morgan fingerprint density at radius 3 is 2.42 bits per heavy atom. The third kappa shape index (κ3) is 3.94. The normalized spacial score (nSPS) is 14.6. The molecule has 0 saturated carbocycles. The third-order valence-corrected chi connectivity index (χ3v) is 6.29.